The van der Waals surface area contributed by atoms with Crippen molar-refractivity contribution < 1.29 is 0 Å². The molecule has 0 aliphatic rings. The van der Waals surface area contributed by atoms with Gasteiger partial charge in [-0.2, -0.15) is 0 Å². The van der Waals surface area contributed by atoms with Crippen molar-refractivity contribution in [2.24, 2.45) is 0 Å². The van der Waals surface area contributed by atoms with E-state index in [1.807, 2.05) is 0 Å². The minimum Gasteiger partial charge on any atom is -0.0921 e. The largest absolute Gasteiger partial charge is 0.0952 e. The lowest BCUT2D eigenvalue weighted by Gasteiger charge is -2.13. The van der Waals surface area contributed by atoms with Crippen LogP contribution in [-0.2, 0) is 0 Å². The van der Waals surface area contributed by atoms with Gasteiger partial charge < -0.3 is 0 Å². The van der Waals surface area contributed by atoms with E-state index in [0.717, 1.165) is 0 Å². The summed E-state index contributed by atoms with van der Waals surface area (Å²) in [5.74, 6) is 0. The Labute approximate surface area is 72.0 Å². The van der Waals surface area contributed by atoms with Crippen molar-refractivity contribution in [1.29, 1.82) is 0 Å². The van der Waals surface area contributed by atoms with Crippen LogP contribution in [0.2, 0.25) is 13.1 Å². The summed E-state index contributed by atoms with van der Waals surface area (Å²) >= 11 is 0. The average Bonchev–Trinajstić information content (AvgIpc) is 1.53. The number of hydrogen-bond donors (Lipinski definition) is 0. The van der Waals surface area contributed by atoms with Gasteiger partial charge in [0, 0.05) is 0 Å². The Hall–Kier alpha value is -0.303. The highest BCUT2D eigenvalue weighted by molar-refractivity contribution is 6.86. The zero-order chi connectivity index (χ0) is 9.07. The summed E-state index contributed by atoms with van der Waals surface area (Å²) in [6, 6.07) is 0. The van der Waals surface area contributed by atoms with Crippen LogP contribution in [0.25, 0.3) is 0 Å². The van der Waals surface area contributed by atoms with E-state index in [1.54, 1.807) is 0 Å². The molecule has 0 unspecified atom stereocenters. The molecule has 0 aliphatic carbocycles. The van der Waals surface area contributed by atoms with Gasteiger partial charge in [0.2, 0.25) is 0 Å². The molecule has 64 valence electrons. The minimum absolute atomic E-state index is 1.15. The first-order valence-corrected chi connectivity index (χ1v) is 7.31. The van der Waals surface area contributed by atoms with Crippen molar-refractivity contribution in [2.45, 2.75) is 40.8 Å². The van der Waals surface area contributed by atoms with Crippen LogP contribution in [0, 0.1) is 0 Å². The Balaban J connectivity index is 4.48. The van der Waals surface area contributed by atoms with E-state index in [-0.39, 0.29) is 0 Å². The summed E-state index contributed by atoms with van der Waals surface area (Å²) in [5, 5.41) is 0. The van der Waals surface area contributed by atoms with Gasteiger partial charge in [-0.3, -0.25) is 0 Å². The Bertz CT molecular complexity index is 157. The molecule has 0 atom stereocenters. The summed E-state index contributed by atoms with van der Waals surface area (Å²) < 4.78 is 0. The van der Waals surface area contributed by atoms with E-state index in [0.29, 0.717) is 0 Å². The van der Waals surface area contributed by atoms with E-state index in [1.165, 1.54) is 11.1 Å². The van der Waals surface area contributed by atoms with Gasteiger partial charge >= 0.3 is 0 Å². The quantitative estimate of drug-likeness (QED) is 0.551. The second kappa shape index (κ2) is 3.91. The van der Waals surface area contributed by atoms with Crippen LogP contribution in [0.3, 0.4) is 0 Å². The topological polar surface area (TPSA) is 0 Å². The van der Waals surface area contributed by atoms with Gasteiger partial charge in [-0.05, 0) is 27.7 Å². The third-order valence-electron chi connectivity index (χ3n) is 1.32. The van der Waals surface area contributed by atoms with Gasteiger partial charge in [-0.15, -0.1) is 0 Å². The molecule has 11 heavy (non-hydrogen) atoms. The van der Waals surface area contributed by atoms with Crippen LogP contribution < -0.4 is 0 Å². The molecule has 0 spiro atoms. The molecule has 0 aromatic heterocycles. The lowest BCUT2D eigenvalue weighted by molar-refractivity contribution is 1.38. The standard InChI is InChI=1S/C10H20Si/c1-9(2)7-11(5,6)8-10(3)4/h7-8H,1-6H3. The van der Waals surface area contributed by atoms with Crippen molar-refractivity contribution in [1.82, 2.24) is 0 Å². The molecular formula is C10H20Si. The fraction of sp³-hybridized carbons (Fsp3) is 0.600. The number of hydrogen-bond acceptors (Lipinski definition) is 0. The van der Waals surface area contributed by atoms with Gasteiger partial charge in [-0.25, -0.2) is 0 Å². The monoisotopic (exact) mass is 168 g/mol. The SMILES string of the molecule is CC(C)=C[Si](C)(C)C=C(C)C. The molecule has 0 radical (unpaired) electrons. The minimum atomic E-state index is -1.15. The van der Waals surface area contributed by atoms with Crippen LogP contribution in [0.5, 0.6) is 0 Å². The van der Waals surface area contributed by atoms with Crippen molar-refractivity contribution in [3.05, 3.63) is 22.5 Å². The first kappa shape index (κ1) is 10.7. The molecule has 0 bridgehead atoms. The smallest absolute Gasteiger partial charge is 0.0921 e. The first-order chi connectivity index (χ1) is 4.83. The zero-order valence-electron chi connectivity index (χ0n) is 8.65. The molecule has 0 aromatic rings. The van der Waals surface area contributed by atoms with Crippen molar-refractivity contribution in [3.63, 3.8) is 0 Å². The van der Waals surface area contributed by atoms with E-state index in [9.17, 15) is 0 Å². The highest BCUT2D eigenvalue weighted by Crippen LogP contribution is 2.11. The number of allylic oxidation sites excluding steroid dienone is 2. The van der Waals surface area contributed by atoms with Gasteiger partial charge in [-0.1, -0.05) is 35.6 Å². The van der Waals surface area contributed by atoms with Crippen molar-refractivity contribution in [3.8, 4) is 0 Å². The maximum Gasteiger partial charge on any atom is 0.0952 e. The highest BCUT2D eigenvalue weighted by Gasteiger charge is 2.12. The molecule has 0 saturated carbocycles. The van der Waals surface area contributed by atoms with Crippen molar-refractivity contribution >= 4 is 8.07 Å². The summed E-state index contributed by atoms with van der Waals surface area (Å²) in [6.07, 6.45) is 0. The van der Waals surface area contributed by atoms with Crippen molar-refractivity contribution in [2.75, 3.05) is 0 Å². The summed E-state index contributed by atoms with van der Waals surface area (Å²) in [7, 11) is -1.15. The predicted molar refractivity (Wildman–Crippen MR) is 56.3 cm³/mol. The normalized spacial score (nSPS) is 10.7. The molecule has 0 aromatic carbocycles. The Morgan fingerprint density at radius 1 is 0.818 bits per heavy atom. The fourth-order valence-corrected chi connectivity index (χ4v) is 4.59. The van der Waals surface area contributed by atoms with Gasteiger partial charge in [0.1, 0.15) is 0 Å². The molecular weight excluding hydrogens is 148 g/mol. The Kier molecular flexibility index (Phi) is 3.80. The third-order valence-corrected chi connectivity index (χ3v) is 3.96. The molecule has 0 heterocycles. The van der Waals surface area contributed by atoms with E-state index in [2.05, 4.69) is 52.2 Å². The first-order valence-electron chi connectivity index (χ1n) is 4.15. The molecule has 0 nitrogen and oxygen atoms in total. The molecule has 0 amide bonds. The Morgan fingerprint density at radius 2 is 1.09 bits per heavy atom. The van der Waals surface area contributed by atoms with Crippen LogP contribution in [-0.4, -0.2) is 8.07 Å². The van der Waals surface area contributed by atoms with Gasteiger partial charge in [0.15, 0.2) is 0 Å². The molecule has 0 saturated heterocycles. The lowest BCUT2D eigenvalue weighted by Crippen LogP contribution is -2.20. The fourth-order valence-electron chi connectivity index (χ4n) is 1.53. The summed E-state index contributed by atoms with van der Waals surface area (Å²) in [6.45, 7) is 13.4. The van der Waals surface area contributed by atoms with E-state index < -0.39 is 8.07 Å². The maximum absolute atomic E-state index is 2.43. The van der Waals surface area contributed by atoms with Crippen LogP contribution in [0.4, 0.5) is 0 Å². The van der Waals surface area contributed by atoms with E-state index >= 15 is 0 Å². The summed E-state index contributed by atoms with van der Waals surface area (Å²) in [5.41, 5.74) is 7.75. The number of rotatable bonds is 2. The van der Waals surface area contributed by atoms with Gasteiger partial charge in [0.05, 0.1) is 8.07 Å². The zero-order valence-corrected chi connectivity index (χ0v) is 9.65. The predicted octanol–water partition coefficient (Wildman–Crippen LogP) is 3.71. The molecule has 1 heteroatoms. The average molecular weight is 168 g/mol. The lowest BCUT2D eigenvalue weighted by atomic mass is 10.4. The molecule has 0 fully saturated rings. The maximum atomic E-state index is 2.43. The molecule has 0 N–H and O–H groups in total. The third kappa shape index (κ3) is 6.11. The Morgan fingerprint density at radius 3 is 1.27 bits per heavy atom. The summed E-state index contributed by atoms with van der Waals surface area (Å²) in [4.78, 5) is 0. The van der Waals surface area contributed by atoms with Gasteiger partial charge in [0.25, 0.3) is 0 Å². The van der Waals surface area contributed by atoms with Crippen LogP contribution in [0.1, 0.15) is 27.7 Å². The molecule has 0 rings (SSSR count). The second-order valence-corrected chi connectivity index (χ2v) is 8.48. The molecule has 0 aliphatic heterocycles. The van der Waals surface area contributed by atoms with Crippen LogP contribution in [0.15, 0.2) is 22.5 Å². The van der Waals surface area contributed by atoms with Crippen LogP contribution >= 0.6 is 0 Å². The second-order valence-electron chi connectivity index (χ2n) is 4.26. The highest BCUT2D eigenvalue weighted by atomic mass is 28.3. The van der Waals surface area contributed by atoms with E-state index in [4.69, 9.17) is 0 Å².